The van der Waals surface area contributed by atoms with E-state index < -0.39 is 9.04 Å². The Hall–Kier alpha value is -2.66. The van der Waals surface area contributed by atoms with Crippen molar-refractivity contribution in [3.05, 3.63) is 65.2 Å². The fourth-order valence-corrected chi connectivity index (χ4v) is 3.70. The molecular weight excluding hydrogens is 380 g/mol. The summed E-state index contributed by atoms with van der Waals surface area (Å²) < 4.78 is 11.9. The Morgan fingerprint density at radius 1 is 1.00 bits per heavy atom. The van der Waals surface area contributed by atoms with E-state index in [1.807, 2.05) is 18.2 Å². The zero-order chi connectivity index (χ0) is 21.6. The maximum absolute atomic E-state index is 12.3. The van der Waals surface area contributed by atoms with Crippen LogP contribution in [0.25, 0.3) is 6.08 Å². The van der Waals surface area contributed by atoms with Crippen molar-refractivity contribution in [2.24, 2.45) is 0 Å². The predicted octanol–water partition coefficient (Wildman–Crippen LogP) is 5.21. The van der Waals surface area contributed by atoms with Crippen LogP contribution in [0.5, 0.6) is 11.5 Å². The summed E-state index contributed by atoms with van der Waals surface area (Å²) >= 11 is 0. The SMILES string of the molecule is COc1c(C(C)(C)C)ccc(C=CC(=O)CC(=O)c2ccccc2)c1O[SiH](C)C. The van der Waals surface area contributed by atoms with E-state index in [0.717, 1.165) is 11.1 Å². The number of rotatable bonds is 8. The lowest BCUT2D eigenvalue weighted by Crippen LogP contribution is -2.17. The zero-order valence-electron chi connectivity index (χ0n) is 18.1. The van der Waals surface area contributed by atoms with Gasteiger partial charge in [0, 0.05) is 16.7 Å². The van der Waals surface area contributed by atoms with Crippen LogP contribution in [0, 0.1) is 0 Å². The highest BCUT2D eigenvalue weighted by atomic mass is 28.3. The van der Waals surface area contributed by atoms with Gasteiger partial charge in [0.1, 0.15) is 0 Å². The van der Waals surface area contributed by atoms with Gasteiger partial charge in [-0.1, -0.05) is 63.2 Å². The van der Waals surface area contributed by atoms with E-state index in [1.165, 1.54) is 6.08 Å². The lowest BCUT2D eigenvalue weighted by molar-refractivity contribution is -0.113. The van der Waals surface area contributed by atoms with Crippen molar-refractivity contribution in [2.75, 3.05) is 7.11 Å². The van der Waals surface area contributed by atoms with Crippen molar-refractivity contribution in [3.63, 3.8) is 0 Å². The van der Waals surface area contributed by atoms with Crippen molar-refractivity contribution in [1.29, 1.82) is 0 Å². The van der Waals surface area contributed by atoms with Crippen molar-refractivity contribution >= 4 is 26.7 Å². The summed E-state index contributed by atoms with van der Waals surface area (Å²) in [4.78, 5) is 24.6. The summed E-state index contributed by atoms with van der Waals surface area (Å²) in [7, 11) is 0.226. The molecule has 0 aliphatic rings. The molecule has 4 nitrogen and oxygen atoms in total. The van der Waals surface area contributed by atoms with E-state index >= 15 is 0 Å². The van der Waals surface area contributed by atoms with Crippen molar-refractivity contribution < 1.29 is 18.8 Å². The lowest BCUT2D eigenvalue weighted by Gasteiger charge is -2.26. The van der Waals surface area contributed by atoms with Crippen molar-refractivity contribution in [2.45, 2.75) is 45.7 Å². The molecule has 0 aromatic heterocycles. The standard InChI is InChI=1S/C24H30O4Si/c1-24(2,3)20-15-13-18(22(23(20)27-4)28-29(5)6)12-14-19(25)16-21(26)17-10-8-7-9-11-17/h7-15,29H,16H2,1-6H3. The van der Waals surface area contributed by atoms with Gasteiger partial charge in [0.2, 0.25) is 9.04 Å². The lowest BCUT2D eigenvalue weighted by atomic mass is 9.85. The molecule has 0 heterocycles. The molecule has 2 aromatic rings. The van der Waals surface area contributed by atoms with Crippen LogP contribution in [0.4, 0.5) is 0 Å². The average molecular weight is 411 g/mol. The summed E-state index contributed by atoms with van der Waals surface area (Å²) in [5.41, 5.74) is 2.26. The number of hydrogen-bond donors (Lipinski definition) is 0. The van der Waals surface area contributed by atoms with Crippen LogP contribution in [0.15, 0.2) is 48.5 Å². The molecule has 2 aromatic carbocycles. The quantitative estimate of drug-likeness (QED) is 0.259. The van der Waals surface area contributed by atoms with Gasteiger partial charge in [-0.2, -0.15) is 0 Å². The molecular formula is C24H30O4Si. The first kappa shape index (κ1) is 22.6. The Kier molecular flexibility index (Phi) is 7.57. The first-order chi connectivity index (χ1) is 13.6. The molecule has 0 spiro atoms. The van der Waals surface area contributed by atoms with Gasteiger partial charge in [-0.05, 0) is 30.7 Å². The Balaban J connectivity index is 2.31. The molecule has 0 aliphatic carbocycles. The van der Waals surface area contributed by atoms with Gasteiger partial charge in [-0.25, -0.2) is 0 Å². The van der Waals surface area contributed by atoms with Gasteiger partial charge in [0.15, 0.2) is 23.1 Å². The highest BCUT2D eigenvalue weighted by Gasteiger charge is 2.24. The molecule has 0 fully saturated rings. The summed E-state index contributed by atoms with van der Waals surface area (Å²) in [6.07, 6.45) is 3.00. The Morgan fingerprint density at radius 3 is 2.21 bits per heavy atom. The second-order valence-electron chi connectivity index (χ2n) is 8.25. The summed E-state index contributed by atoms with van der Waals surface area (Å²) in [6, 6.07) is 12.8. The van der Waals surface area contributed by atoms with Gasteiger partial charge >= 0.3 is 0 Å². The first-order valence-corrected chi connectivity index (χ1v) is 12.6. The number of methoxy groups -OCH3 is 1. The molecule has 0 radical (unpaired) electrons. The van der Waals surface area contributed by atoms with E-state index in [4.69, 9.17) is 9.16 Å². The third-order valence-electron chi connectivity index (χ3n) is 4.39. The van der Waals surface area contributed by atoms with E-state index in [0.29, 0.717) is 17.1 Å². The van der Waals surface area contributed by atoms with E-state index in [2.05, 4.69) is 33.9 Å². The number of allylic oxidation sites excluding steroid dienone is 1. The number of carbonyl (C=O) groups excluding carboxylic acids is 2. The van der Waals surface area contributed by atoms with Gasteiger partial charge in [-0.3, -0.25) is 9.59 Å². The highest BCUT2D eigenvalue weighted by molar-refractivity contribution is 6.49. The molecule has 2 rings (SSSR count). The monoisotopic (exact) mass is 410 g/mol. The summed E-state index contributed by atoms with van der Waals surface area (Å²) in [6.45, 7) is 10.5. The van der Waals surface area contributed by atoms with E-state index in [1.54, 1.807) is 37.5 Å². The highest BCUT2D eigenvalue weighted by Crippen LogP contribution is 2.41. The van der Waals surface area contributed by atoms with E-state index in [9.17, 15) is 9.59 Å². The largest absolute Gasteiger partial charge is 0.544 e. The topological polar surface area (TPSA) is 52.6 Å². The number of ketones is 2. The number of benzene rings is 2. The van der Waals surface area contributed by atoms with Crippen LogP contribution in [-0.4, -0.2) is 27.7 Å². The van der Waals surface area contributed by atoms with Crippen molar-refractivity contribution in [1.82, 2.24) is 0 Å². The second-order valence-corrected chi connectivity index (χ2v) is 10.6. The minimum Gasteiger partial charge on any atom is -0.544 e. The van der Waals surface area contributed by atoms with Crippen LogP contribution < -0.4 is 9.16 Å². The fourth-order valence-electron chi connectivity index (χ4n) is 2.99. The molecule has 0 saturated carbocycles. The zero-order valence-corrected chi connectivity index (χ0v) is 19.3. The first-order valence-electron chi connectivity index (χ1n) is 9.80. The molecule has 154 valence electrons. The van der Waals surface area contributed by atoms with Crippen LogP contribution in [0.1, 0.15) is 48.7 Å². The second kappa shape index (κ2) is 9.70. The molecule has 0 atom stereocenters. The molecule has 5 heteroatoms. The molecule has 29 heavy (non-hydrogen) atoms. The third kappa shape index (κ3) is 6.16. The maximum Gasteiger partial charge on any atom is 0.229 e. The maximum atomic E-state index is 12.3. The molecule has 0 amide bonds. The van der Waals surface area contributed by atoms with Gasteiger partial charge in [0.05, 0.1) is 13.5 Å². The van der Waals surface area contributed by atoms with Crippen LogP contribution in [-0.2, 0) is 10.2 Å². The number of carbonyl (C=O) groups is 2. The minimum absolute atomic E-state index is 0.109. The Morgan fingerprint density at radius 2 is 1.66 bits per heavy atom. The normalized spacial score (nSPS) is 11.7. The number of ether oxygens (including phenoxy) is 1. The number of hydrogen-bond acceptors (Lipinski definition) is 4. The third-order valence-corrected chi connectivity index (χ3v) is 5.09. The predicted molar refractivity (Wildman–Crippen MR) is 121 cm³/mol. The van der Waals surface area contributed by atoms with Crippen LogP contribution in [0.2, 0.25) is 13.1 Å². The Labute approximate surface area is 175 Å². The van der Waals surface area contributed by atoms with Gasteiger partial charge in [0.25, 0.3) is 0 Å². The fraction of sp³-hybridized carbons (Fsp3) is 0.333. The molecule has 0 unspecified atom stereocenters. The van der Waals surface area contributed by atoms with Crippen molar-refractivity contribution in [3.8, 4) is 11.5 Å². The molecule has 0 saturated heterocycles. The average Bonchev–Trinajstić information content (AvgIpc) is 2.66. The summed E-state index contributed by atoms with van der Waals surface area (Å²) in [5.74, 6) is 0.936. The van der Waals surface area contributed by atoms with Gasteiger partial charge < -0.3 is 9.16 Å². The van der Waals surface area contributed by atoms with Crippen LogP contribution in [0.3, 0.4) is 0 Å². The Bertz CT molecular complexity index is 893. The molecule has 0 bridgehead atoms. The minimum atomic E-state index is -1.41. The van der Waals surface area contributed by atoms with Gasteiger partial charge in [-0.15, -0.1) is 0 Å². The van der Waals surface area contributed by atoms with E-state index in [-0.39, 0.29) is 23.4 Å². The smallest absolute Gasteiger partial charge is 0.229 e. The summed E-state index contributed by atoms with van der Waals surface area (Å²) in [5, 5.41) is 0. The molecule has 0 N–H and O–H groups in total. The molecule has 0 aliphatic heterocycles. The number of Topliss-reactive ketones (excluding diaryl/α,β-unsaturated/α-hetero) is 1. The van der Waals surface area contributed by atoms with Crippen LogP contribution >= 0.6 is 0 Å².